The van der Waals surface area contributed by atoms with Crippen molar-refractivity contribution in [2.75, 3.05) is 33.9 Å². The molecule has 0 bridgehead atoms. The van der Waals surface area contributed by atoms with Gasteiger partial charge >= 0.3 is 5.97 Å². The van der Waals surface area contributed by atoms with E-state index in [4.69, 9.17) is 21.1 Å². The summed E-state index contributed by atoms with van der Waals surface area (Å²) in [7, 11) is 2.80. The molecule has 0 aliphatic heterocycles. The number of halogens is 1. The maximum atomic E-state index is 12.9. The summed E-state index contributed by atoms with van der Waals surface area (Å²) in [4.78, 5) is 42.0. The highest BCUT2D eigenvalue weighted by Crippen LogP contribution is 2.20. The quantitative estimate of drug-likeness (QED) is 0.537. The number of carbonyl (C=O) groups excluding carboxylic acids is 3. The minimum Gasteiger partial charge on any atom is -0.464 e. The number of nitrogens with one attached hydrogen (secondary N) is 1. The zero-order valence-electron chi connectivity index (χ0n) is 16.3. The lowest BCUT2D eigenvalue weighted by Gasteiger charge is -2.22. The molecule has 1 N–H and O–H groups in total. The third kappa shape index (κ3) is 4.79. The first kappa shape index (κ1) is 21.7. The van der Waals surface area contributed by atoms with Crippen LogP contribution in [0.3, 0.4) is 0 Å². The van der Waals surface area contributed by atoms with E-state index in [0.29, 0.717) is 27.4 Å². The molecule has 1 heterocycles. The average Bonchev–Trinajstić information content (AvgIpc) is 2.98. The van der Waals surface area contributed by atoms with Gasteiger partial charge in [0.1, 0.15) is 5.69 Å². The number of methoxy groups -OCH3 is 2. The van der Waals surface area contributed by atoms with E-state index in [-0.39, 0.29) is 37.1 Å². The number of aromatic nitrogens is 1. The van der Waals surface area contributed by atoms with Crippen LogP contribution in [0.4, 0.5) is 0 Å². The first-order valence-electron chi connectivity index (χ1n) is 8.64. The third-order valence-electron chi connectivity index (χ3n) is 4.38. The van der Waals surface area contributed by atoms with E-state index in [1.807, 2.05) is 0 Å². The standard InChI is InChI=1S/C20H23ClN2O5/c1-12-17(13(2)22-18(12)20(26)28-4)16(24)11-23(9-10-27-3)19(25)14-5-7-15(21)8-6-14/h5-8,22H,9-11H2,1-4H3. The van der Waals surface area contributed by atoms with Gasteiger partial charge in [-0.1, -0.05) is 11.6 Å². The fraction of sp³-hybridized carbons (Fsp3) is 0.350. The maximum absolute atomic E-state index is 12.9. The largest absolute Gasteiger partial charge is 0.464 e. The summed E-state index contributed by atoms with van der Waals surface area (Å²) < 4.78 is 9.80. The number of nitrogens with zero attached hydrogens (tertiary/aromatic N) is 1. The number of hydrogen-bond acceptors (Lipinski definition) is 5. The van der Waals surface area contributed by atoms with Gasteiger partial charge in [-0.25, -0.2) is 4.79 Å². The lowest BCUT2D eigenvalue weighted by molar-refractivity contribution is 0.0593. The molecule has 0 spiro atoms. The molecule has 0 saturated heterocycles. The SMILES string of the molecule is COCCN(CC(=O)c1c(C)[nH]c(C(=O)OC)c1C)C(=O)c1ccc(Cl)cc1. The summed E-state index contributed by atoms with van der Waals surface area (Å²) in [6.07, 6.45) is 0. The van der Waals surface area contributed by atoms with Crippen LogP contribution in [0.2, 0.25) is 5.02 Å². The van der Waals surface area contributed by atoms with Crippen molar-refractivity contribution < 1.29 is 23.9 Å². The number of amides is 1. The summed E-state index contributed by atoms with van der Waals surface area (Å²) in [5.41, 5.74) is 2.09. The maximum Gasteiger partial charge on any atom is 0.354 e. The molecule has 1 amide bonds. The fourth-order valence-corrected chi connectivity index (χ4v) is 3.08. The molecule has 150 valence electrons. The Morgan fingerprint density at radius 3 is 2.32 bits per heavy atom. The molecule has 7 nitrogen and oxygen atoms in total. The lowest BCUT2D eigenvalue weighted by Crippen LogP contribution is -2.38. The van der Waals surface area contributed by atoms with Gasteiger partial charge in [-0.2, -0.15) is 0 Å². The molecule has 0 aliphatic carbocycles. The van der Waals surface area contributed by atoms with Gasteiger partial charge in [-0.3, -0.25) is 9.59 Å². The summed E-state index contributed by atoms with van der Waals surface area (Å²) in [5, 5.41) is 0.518. The topological polar surface area (TPSA) is 88.7 Å². The Morgan fingerprint density at radius 1 is 1.11 bits per heavy atom. The van der Waals surface area contributed by atoms with Crippen LogP contribution >= 0.6 is 11.6 Å². The Balaban J connectivity index is 2.28. The van der Waals surface area contributed by atoms with Gasteiger partial charge in [0.2, 0.25) is 0 Å². The number of ether oxygens (including phenoxy) is 2. The van der Waals surface area contributed by atoms with Crippen LogP contribution in [0, 0.1) is 13.8 Å². The smallest absolute Gasteiger partial charge is 0.354 e. The molecule has 2 rings (SSSR count). The van der Waals surface area contributed by atoms with Crippen molar-refractivity contribution in [2.45, 2.75) is 13.8 Å². The van der Waals surface area contributed by atoms with Gasteiger partial charge in [0.15, 0.2) is 5.78 Å². The van der Waals surface area contributed by atoms with E-state index >= 15 is 0 Å². The monoisotopic (exact) mass is 406 g/mol. The van der Waals surface area contributed by atoms with Gasteiger partial charge in [-0.05, 0) is 43.7 Å². The molecule has 0 atom stereocenters. The highest BCUT2D eigenvalue weighted by Gasteiger charge is 2.25. The van der Waals surface area contributed by atoms with Gasteiger partial charge in [0.05, 0.1) is 20.3 Å². The molecule has 0 radical (unpaired) electrons. The predicted molar refractivity (Wildman–Crippen MR) is 105 cm³/mol. The molecule has 28 heavy (non-hydrogen) atoms. The summed E-state index contributed by atoms with van der Waals surface area (Å²) in [5.74, 6) is -1.13. The molecule has 1 aromatic heterocycles. The Bertz CT molecular complexity index is 873. The van der Waals surface area contributed by atoms with Crippen molar-refractivity contribution in [3.63, 3.8) is 0 Å². The number of hydrogen-bond donors (Lipinski definition) is 1. The number of aromatic amines is 1. The highest BCUT2D eigenvalue weighted by molar-refractivity contribution is 6.30. The third-order valence-corrected chi connectivity index (χ3v) is 4.64. The number of rotatable bonds is 8. The molecular formula is C20H23ClN2O5. The molecule has 1 aromatic carbocycles. The van der Waals surface area contributed by atoms with Crippen LogP contribution in [-0.4, -0.2) is 61.5 Å². The number of ketones is 1. The Kier molecular flexibility index (Phi) is 7.37. The summed E-state index contributed by atoms with van der Waals surface area (Å²) >= 11 is 5.88. The van der Waals surface area contributed by atoms with E-state index in [0.717, 1.165) is 0 Å². The van der Waals surface area contributed by atoms with Crippen LogP contribution in [-0.2, 0) is 9.47 Å². The van der Waals surface area contributed by atoms with Crippen LogP contribution in [0.25, 0.3) is 0 Å². The van der Waals surface area contributed by atoms with Crippen molar-refractivity contribution in [1.82, 2.24) is 9.88 Å². The minimum absolute atomic E-state index is 0.148. The second-order valence-electron chi connectivity index (χ2n) is 6.27. The van der Waals surface area contributed by atoms with Crippen LogP contribution in [0.5, 0.6) is 0 Å². The highest BCUT2D eigenvalue weighted by atomic mass is 35.5. The van der Waals surface area contributed by atoms with E-state index in [9.17, 15) is 14.4 Å². The van der Waals surface area contributed by atoms with E-state index in [1.54, 1.807) is 38.1 Å². The molecular weight excluding hydrogens is 384 g/mol. The fourth-order valence-electron chi connectivity index (χ4n) is 2.96. The number of Topliss-reactive ketones (excluding diaryl/α,β-unsaturated/α-hetero) is 1. The molecule has 8 heteroatoms. The number of aryl methyl sites for hydroxylation is 1. The van der Waals surface area contributed by atoms with E-state index in [1.165, 1.54) is 19.1 Å². The van der Waals surface area contributed by atoms with E-state index in [2.05, 4.69) is 4.98 Å². The molecule has 0 saturated carbocycles. The normalized spacial score (nSPS) is 10.6. The van der Waals surface area contributed by atoms with Crippen molar-refractivity contribution in [2.24, 2.45) is 0 Å². The van der Waals surface area contributed by atoms with Crippen LogP contribution in [0.15, 0.2) is 24.3 Å². The van der Waals surface area contributed by atoms with Crippen LogP contribution in [0.1, 0.15) is 42.5 Å². The van der Waals surface area contributed by atoms with Gasteiger partial charge in [0.25, 0.3) is 5.91 Å². The molecule has 0 aliphatic rings. The number of esters is 1. The zero-order valence-corrected chi connectivity index (χ0v) is 17.1. The van der Waals surface area contributed by atoms with Gasteiger partial charge < -0.3 is 19.4 Å². The second kappa shape index (κ2) is 9.52. The van der Waals surface area contributed by atoms with Crippen molar-refractivity contribution in [3.8, 4) is 0 Å². The van der Waals surface area contributed by atoms with E-state index < -0.39 is 5.97 Å². The van der Waals surface area contributed by atoms with Crippen molar-refractivity contribution in [1.29, 1.82) is 0 Å². The first-order chi connectivity index (χ1) is 13.3. The lowest BCUT2D eigenvalue weighted by atomic mass is 10.0. The zero-order chi connectivity index (χ0) is 20.8. The number of H-pyrrole nitrogens is 1. The average molecular weight is 407 g/mol. The Morgan fingerprint density at radius 2 is 1.75 bits per heavy atom. The minimum atomic E-state index is -0.548. The first-order valence-corrected chi connectivity index (χ1v) is 9.02. The van der Waals surface area contributed by atoms with Crippen molar-refractivity contribution in [3.05, 3.63) is 57.4 Å². The van der Waals surface area contributed by atoms with Crippen molar-refractivity contribution >= 4 is 29.3 Å². The summed E-state index contributed by atoms with van der Waals surface area (Å²) in [6.45, 7) is 3.75. The predicted octanol–water partition coefficient (Wildman–Crippen LogP) is 3.04. The molecule has 2 aromatic rings. The van der Waals surface area contributed by atoms with Gasteiger partial charge in [-0.15, -0.1) is 0 Å². The second-order valence-corrected chi connectivity index (χ2v) is 6.70. The Hall–Kier alpha value is -2.64. The molecule has 0 fully saturated rings. The van der Waals surface area contributed by atoms with Gasteiger partial charge in [0, 0.05) is 35.5 Å². The Labute approximate surface area is 168 Å². The summed E-state index contributed by atoms with van der Waals surface area (Å²) in [6, 6.07) is 6.45. The van der Waals surface area contributed by atoms with Crippen LogP contribution < -0.4 is 0 Å². The number of carbonyl (C=O) groups is 3. The molecule has 0 unspecified atom stereocenters. The number of benzene rings is 1.